The van der Waals surface area contributed by atoms with Crippen LogP contribution in [0.5, 0.6) is 5.75 Å². The number of thioether (sulfide) groups is 1. The molecule has 1 aromatic heterocycles. The molecule has 2 atom stereocenters. The molecule has 2 aliphatic rings. The minimum Gasteiger partial charge on any atom is -0.477 e. The number of carbonyl (C=O) groups is 2. The molecule has 3 heterocycles. The minimum absolute atomic E-state index is 0.0239. The lowest BCUT2D eigenvalue weighted by molar-refractivity contribution is -0.125. The Morgan fingerprint density at radius 1 is 1.15 bits per heavy atom. The zero-order valence-corrected chi connectivity index (χ0v) is 19.2. The summed E-state index contributed by atoms with van der Waals surface area (Å²) in [6.07, 6.45) is 0.846. The number of para-hydroxylation sites is 3. The highest BCUT2D eigenvalue weighted by molar-refractivity contribution is 7.99. The third kappa shape index (κ3) is 4.38. The summed E-state index contributed by atoms with van der Waals surface area (Å²) in [5, 5.41) is 0.989. The van der Waals surface area contributed by atoms with Crippen molar-refractivity contribution in [3.63, 3.8) is 0 Å². The van der Waals surface area contributed by atoms with Gasteiger partial charge in [-0.15, -0.1) is 0 Å². The first-order chi connectivity index (χ1) is 16.5. The molecular weight excluding hydrogens is 456 g/mol. The van der Waals surface area contributed by atoms with Crippen LogP contribution in [-0.4, -0.2) is 52.5 Å². The average molecular weight is 481 g/mol. The van der Waals surface area contributed by atoms with Crippen molar-refractivity contribution in [1.29, 1.82) is 0 Å². The standard InChI is InChI=1S/C24H24N4O5S/c25-22(30)20-13-27(18-9-3-4-10-19(18)33-20)21(29)14-34-24-26-17-8-2-1-7-16(17)23(31)28(24)12-15-6-5-11-32-15/h1-4,7-10,15,20H,5-6,11-14H2,(H2,25,30)/t15-,20-/m0/s1. The molecule has 0 aliphatic carbocycles. The van der Waals surface area contributed by atoms with Crippen LogP contribution in [0.15, 0.2) is 58.5 Å². The van der Waals surface area contributed by atoms with Crippen LogP contribution in [0.3, 0.4) is 0 Å². The summed E-state index contributed by atoms with van der Waals surface area (Å²) in [6.45, 7) is 1.09. The predicted molar refractivity (Wildman–Crippen MR) is 128 cm³/mol. The predicted octanol–water partition coefficient (Wildman–Crippen LogP) is 1.95. The molecule has 0 radical (unpaired) electrons. The Bertz CT molecular complexity index is 1300. The van der Waals surface area contributed by atoms with Crippen molar-refractivity contribution in [3.05, 3.63) is 58.9 Å². The monoisotopic (exact) mass is 480 g/mol. The molecule has 2 N–H and O–H groups in total. The smallest absolute Gasteiger partial charge is 0.262 e. The van der Waals surface area contributed by atoms with Crippen LogP contribution in [-0.2, 0) is 20.9 Å². The summed E-state index contributed by atoms with van der Waals surface area (Å²) in [7, 11) is 0. The van der Waals surface area contributed by atoms with Crippen molar-refractivity contribution in [1.82, 2.24) is 9.55 Å². The van der Waals surface area contributed by atoms with Crippen molar-refractivity contribution in [2.75, 3.05) is 23.8 Å². The molecule has 2 aromatic carbocycles. The van der Waals surface area contributed by atoms with Crippen LogP contribution in [0.4, 0.5) is 5.69 Å². The van der Waals surface area contributed by atoms with Gasteiger partial charge in [0.25, 0.3) is 11.5 Å². The number of benzene rings is 2. The molecule has 10 heteroatoms. The van der Waals surface area contributed by atoms with E-state index in [1.54, 1.807) is 41.0 Å². The van der Waals surface area contributed by atoms with Crippen LogP contribution >= 0.6 is 11.8 Å². The summed E-state index contributed by atoms with van der Waals surface area (Å²) >= 11 is 1.19. The van der Waals surface area contributed by atoms with E-state index >= 15 is 0 Å². The van der Waals surface area contributed by atoms with E-state index in [0.717, 1.165) is 12.8 Å². The number of primary amides is 1. The maximum Gasteiger partial charge on any atom is 0.262 e. The van der Waals surface area contributed by atoms with E-state index in [-0.39, 0.29) is 29.9 Å². The second-order valence-electron chi connectivity index (χ2n) is 8.23. The lowest BCUT2D eigenvalue weighted by Gasteiger charge is -2.33. The Hall–Kier alpha value is -3.37. The summed E-state index contributed by atoms with van der Waals surface area (Å²) in [5.74, 6) is -0.425. The second kappa shape index (κ2) is 9.47. The molecule has 34 heavy (non-hydrogen) atoms. The molecular formula is C24H24N4O5S. The van der Waals surface area contributed by atoms with Crippen molar-refractivity contribution in [2.45, 2.75) is 36.8 Å². The van der Waals surface area contributed by atoms with Gasteiger partial charge in [-0.2, -0.15) is 0 Å². The Morgan fingerprint density at radius 2 is 1.94 bits per heavy atom. The van der Waals surface area contributed by atoms with E-state index in [1.807, 2.05) is 12.1 Å². The number of rotatable bonds is 6. The molecule has 1 fully saturated rings. The van der Waals surface area contributed by atoms with Gasteiger partial charge in [-0.25, -0.2) is 4.98 Å². The fourth-order valence-corrected chi connectivity index (χ4v) is 5.12. The van der Waals surface area contributed by atoms with Gasteiger partial charge in [-0.05, 0) is 37.1 Å². The zero-order chi connectivity index (χ0) is 23.7. The number of nitrogens with two attached hydrogens (primary N) is 1. The number of carbonyl (C=O) groups excluding carboxylic acids is 2. The third-order valence-electron chi connectivity index (χ3n) is 5.95. The molecule has 5 rings (SSSR count). The first-order valence-electron chi connectivity index (χ1n) is 11.1. The van der Waals surface area contributed by atoms with E-state index in [2.05, 4.69) is 4.98 Å². The first kappa shape index (κ1) is 22.4. The van der Waals surface area contributed by atoms with Gasteiger partial charge in [-0.3, -0.25) is 19.0 Å². The molecule has 3 aromatic rings. The Kier molecular flexibility index (Phi) is 6.25. The topological polar surface area (TPSA) is 117 Å². The quantitative estimate of drug-likeness (QED) is 0.423. The molecule has 0 unspecified atom stereocenters. The molecule has 0 saturated carbocycles. The van der Waals surface area contributed by atoms with Gasteiger partial charge in [0, 0.05) is 6.61 Å². The Morgan fingerprint density at radius 3 is 2.74 bits per heavy atom. The number of hydrogen-bond donors (Lipinski definition) is 1. The summed E-state index contributed by atoms with van der Waals surface area (Å²) in [4.78, 5) is 44.5. The Balaban J connectivity index is 1.42. The summed E-state index contributed by atoms with van der Waals surface area (Å²) in [5.41, 5.74) is 6.46. The highest BCUT2D eigenvalue weighted by Gasteiger charge is 2.32. The highest BCUT2D eigenvalue weighted by atomic mass is 32.2. The van der Waals surface area contributed by atoms with E-state index in [0.29, 0.717) is 40.6 Å². The number of fused-ring (bicyclic) bond motifs is 2. The lowest BCUT2D eigenvalue weighted by Crippen LogP contribution is -2.49. The van der Waals surface area contributed by atoms with E-state index in [1.165, 1.54) is 16.7 Å². The number of anilines is 1. The van der Waals surface area contributed by atoms with Crippen molar-refractivity contribution in [2.24, 2.45) is 5.73 Å². The normalized spacial score (nSPS) is 19.6. The van der Waals surface area contributed by atoms with Crippen molar-refractivity contribution in [3.8, 4) is 5.75 Å². The fraction of sp³-hybridized carbons (Fsp3) is 0.333. The number of nitrogens with zero attached hydrogens (tertiary/aromatic N) is 3. The SMILES string of the molecule is NC(=O)[C@@H]1CN(C(=O)CSc2nc3ccccc3c(=O)n2C[C@@H]2CCCO2)c2ccccc2O1. The van der Waals surface area contributed by atoms with Crippen LogP contribution < -0.4 is 20.9 Å². The summed E-state index contributed by atoms with van der Waals surface area (Å²) in [6, 6.07) is 14.2. The molecule has 9 nitrogen and oxygen atoms in total. The van der Waals surface area contributed by atoms with Crippen LogP contribution in [0.1, 0.15) is 12.8 Å². The van der Waals surface area contributed by atoms with Crippen molar-refractivity contribution < 1.29 is 19.1 Å². The fourth-order valence-electron chi connectivity index (χ4n) is 4.23. The number of aromatic nitrogens is 2. The molecule has 2 aliphatic heterocycles. The Labute approximate surface area is 199 Å². The van der Waals surface area contributed by atoms with Crippen LogP contribution in [0.2, 0.25) is 0 Å². The zero-order valence-electron chi connectivity index (χ0n) is 18.4. The van der Waals surface area contributed by atoms with E-state index in [4.69, 9.17) is 15.2 Å². The van der Waals surface area contributed by atoms with Crippen LogP contribution in [0.25, 0.3) is 10.9 Å². The minimum atomic E-state index is -0.930. The summed E-state index contributed by atoms with van der Waals surface area (Å²) < 4.78 is 13.0. The number of ether oxygens (including phenoxy) is 2. The number of amides is 2. The van der Waals surface area contributed by atoms with Gasteiger partial charge in [-0.1, -0.05) is 36.0 Å². The van der Waals surface area contributed by atoms with E-state index in [9.17, 15) is 14.4 Å². The maximum atomic E-state index is 13.3. The van der Waals surface area contributed by atoms with Gasteiger partial charge < -0.3 is 20.1 Å². The first-order valence-corrected chi connectivity index (χ1v) is 12.1. The maximum absolute atomic E-state index is 13.3. The van der Waals surface area contributed by atoms with Crippen LogP contribution in [0, 0.1) is 0 Å². The van der Waals surface area contributed by atoms with Gasteiger partial charge in [0.2, 0.25) is 5.91 Å². The molecule has 176 valence electrons. The van der Waals surface area contributed by atoms with Gasteiger partial charge >= 0.3 is 0 Å². The van der Waals surface area contributed by atoms with Gasteiger partial charge in [0.05, 0.1) is 41.5 Å². The average Bonchev–Trinajstić information content (AvgIpc) is 3.37. The largest absolute Gasteiger partial charge is 0.477 e. The number of hydrogen-bond acceptors (Lipinski definition) is 7. The molecule has 2 amide bonds. The van der Waals surface area contributed by atoms with Gasteiger partial charge in [0.1, 0.15) is 5.75 Å². The van der Waals surface area contributed by atoms with Crippen molar-refractivity contribution >= 4 is 40.2 Å². The van der Waals surface area contributed by atoms with E-state index < -0.39 is 12.0 Å². The molecule has 0 spiro atoms. The van der Waals surface area contributed by atoms with Gasteiger partial charge in [0.15, 0.2) is 11.3 Å². The third-order valence-corrected chi connectivity index (χ3v) is 6.91. The lowest BCUT2D eigenvalue weighted by atomic mass is 10.2. The molecule has 1 saturated heterocycles. The second-order valence-corrected chi connectivity index (χ2v) is 9.17. The highest BCUT2D eigenvalue weighted by Crippen LogP contribution is 2.34. The molecule has 0 bridgehead atoms.